The van der Waals surface area contributed by atoms with Crippen molar-refractivity contribution in [2.24, 2.45) is 0 Å². The maximum absolute atomic E-state index is 14.2. The molecule has 0 saturated carbocycles. The molecule has 0 saturated heterocycles. The van der Waals surface area contributed by atoms with Gasteiger partial charge in [0.05, 0.1) is 47.6 Å². The number of hydrogen-bond acceptors (Lipinski definition) is 7. The first-order valence-corrected chi connectivity index (χ1v) is 12.3. The van der Waals surface area contributed by atoms with Crippen LogP contribution >= 0.6 is 0 Å². The number of nitrogens with one attached hydrogen (secondary N) is 3. The van der Waals surface area contributed by atoms with Crippen LogP contribution in [-0.4, -0.2) is 48.1 Å². The number of aromatic amines is 2. The van der Waals surface area contributed by atoms with Crippen LogP contribution in [0.1, 0.15) is 19.8 Å². The SMILES string of the molecule is CCCC(=O)Nc1cncc(-c2cc3c(-c4nc5c(-c6cc(F)cc(OC)c6)nccc5[nH]4)n[nH]c3cn2)c1. The summed E-state index contributed by atoms with van der Waals surface area (Å²) in [5.74, 6) is 0.416. The minimum atomic E-state index is -0.430. The zero-order valence-electron chi connectivity index (χ0n) is 21.1. The fraction of sp³-hybridized carbons (Fsp3) is 0.143. The largest absolute Gasteiger partial charge is 0.497 e. The van der Waals surface area contributed by atoms with E-state index in [0.29, 0.717) is 51.8 Å². The molecule has 11 heteroatoms. The Bertz CT molecular complexity index is 1840. The van der Waals surface area contributed by atoms with Gasteiger partial charge in [0, 0.05) is 41.4 Å². The number of carbonyl (C=O) groups is 1. The maximum Gasteiger partial charge on any atom is 0.224 e. The molecular weight excluding hydrogens is 499 g/mol. The van der Waals surface area contributed by atoms with Crippen LogP contribution in [-0.2, 0) is 4.79 Å². The summed E-state index contributed by atoms with van der Waals surface area (Å²) in [6, 6.07) is 9.96. The normalized spacial score (nSPS) is 11.3. The number of nitrogens with zero attached hydrogens (tertiary/aromatic N) is 5. The quantitative estimate of drug-likeness (QED) is 0.252. The van der Waals surface area contributed by atoms with Gasteiger partial charge in [0.1, 0.15) is 22.8 Å². The van der Waals surface area contributed by atoms with Crippen molar-refractivity contribution in [2.75, 3.05) is 12.4 Å². The molecule has 0 spiro atoms. The summed E-state index contributed by atoms with van der Waals surface area (Å²) in [6.45, 7) is 1.95. The number of fused-ring (bicyclic) bond motifs is 2. The highest BCUT2D eigenvalue weighted by molar-refractivity contribution is 5.97. The Balaban J connectivity index is 1.40. The summed E-state index contributed by atoms with van der Waals surface area (Å²) in [7, 11) is 1.49. The van der Waals surface area contributed by atoms with Gasteiger partial charge in [-0.1, -0.05) is 6.92 Å². The molecule has 10 nitrogen and oxygen atoms in total. The van der Waals surface area contributed by atoms with E-state index in [1.807, 2.05) is 19.1 Å². The molecule has 1 amide bonds. The lowest BCUT2D eigenvalue weighted by atomic mass is 10.1. The van der Waals surface area contributed by atoms with Gasteiger partial charge in [-0.05, 0) is 36.8 Å². The Hall–Kier alpha value is -5.19. The fourth-order valence-corrected chi connectivity index (χ4v) is 4.43. The number of methoxy groups -OCH3 is 1. The van der Waals surface area contributed by atoms with Gasteiger partial charge in [-0.15, -0.1) is 0 Å². The number of H-pyrrole nitrogens is 2. The number of pyridine rings is 3. The van der Waals surface area contributed by atoms with Crippen molar-refractivity contribution in [1.82, 2.24) is 35.1 Å². The number of amides is 1. The maximum atomic E-state index is 14.2. The highest BCUT2D eigenvalue weighted by atomic mass is 19.1. The predicted octanol–water partition coefficient (Wildman–Crippen LogP) is 5.51. The minimum absolute atomic E-state index is 0.0626. The molecular formula is C28H23FN8O2. The first-order valence-electron chi connectivity index (χ1n) is 12.3. The summed E-state index contributed by atoms with van der Waals surface area (Å²) < 4.78 is 19.4. The molecule has 194 valence electrons. The van der Waals surface area contributed by atoms with Gasteiger partial charge in [0.2, 0.25) is 5.91 Å². The van der Waals surface area contributed by atoms with E-state index in [4.69, 9.17) is 9.72 Å². The average Bonchev–Trinajstić information content (AvgIpc) is 3.56. The molecule has 0 aliphatic carbocycles. The van der Waals surface area contributed by atoms with Crippen molar-refractivity contribution < 1.29 is 13.9 Å². The second-order valence-electron chi connectivity index (χ2n) is 8.97. The van der Waals surface area contributed by atoms with E-state index in [9.17, 15) is 9.18 Å². The molecule has 0 radical (unpaired) electrons. The first kappa shape index (κ1) is 24.2. The molecule has 6 rings (SSSR count). The van der Waals surface area contributed by atoms with Gasteiger partial charge in [0.15, 0.2) is 5.82 Å². The van der Waals surface area contributed by atoms with Crippen LogP contribution in [0.2, 0.25) is 0 Å². The summed E-state index contributed by atoms with van der Waals surface area (Å²) in [5, 5.41) is 11.1. The molecule has 0 atom stereocenters. The number of halogens is 1. The number of carbonyl (C=O) groups excluding carboxylic acids is 1. The molecule has 3 N–H and O–H groups in total. The number of rotatable bonds is 7. The molecule has 0 unspecified atom stereocenters. The summed E-state index contributed by atoms with van der Waals surface area (Å²) in [5.41, 5.74) is 5.69. The van der Waals surface area contributed by atoms with E-state index in [0.717, 1.165) is 28.4 Å². The van der Waals surface area contributed by atoms with Crippen molar-refractivity contribution >= 4 is 33.5 Å². The molecule has 1 aromatic carbocycles. The third-order valence-corrected chi connectivity index (χ3v) is 6.25. The molecule has 5 aromatic heterocycles. The second-order valence-corrected chi connectivity index (χ2v) is 8.97. The molecule has 0 aliphatic rings. The van der Waals surface area contributed by atoms with E-state index >= 15 is 0 Å². The van der Waals surface area contributed by atoms with Crippen molar-refractivity contribution in [3.8, 4) is 39.8 Å². The van der Waals surface area contributed by atoms with Gasteiger partial charge >= 0.3 is 0 Å². The minimum Gasteiger partial charge on any atom is -0.497 e. The van der Waals surface area contributed by atoms with Crippen molar-refractivity contribution in [3.63, 3.8) is 0 Å². The van der Waals surface area contributed by atoms with Crippen molar-refractivity contribution in [1.29, 1.82) is 0 Å². The number of ether oxygens (including phenoxy) is 1. The van der Waals surface area contributed by atoms with Crippen LogP contribution in [0.3, 0.4) is 0 Å². The third kappa shape index (κ3) is 4.65. The number of hydrogen-bond donors (Lipinski definition) is 3. The van der Waals surface area contributed by atoms with Crippen LogP contribution in [0.15, 0.2) is 61.2 Å². The lowest BCUT2D eigenvalue weighted by molar-refractivity contribution is -0.116. The van der Waals surface area contributed by atoms with Crippen LogP contribution in [0, 0.1) is 5.82 Å². The van der Waals surface area contributed by atoms with Gasteiger partial charge in [-0.25, -0.2) is 9.37 Å². The molecule has 0 fully saturated rings. The topological polar surface area (TPSA) is 134 Å². The molecule has 5 heterocycles. The Labute approximate surface area is 221 Å². The summed E-state index contributed by atoms with van der Waals surface area (Å²) in [4.78, 5) is 33.4. The van der Waals surface area contributed by atoms with E-state index in [1.54, 1.807) is 36.9 Å². The zero-order chi connectivity index (χ0) is 26.9. The summed E-state index contributed by atoms with van der Waals surface area (Å²) in [6.07, 6.45) is 7.83. The number of anilines is 1. The smallest absolute Gasteiger partial charge is 0.224 e. The second kappa shape index (κ2) is 9.93. The van der Waals surface area contributed by atoms with Crippen LogP contribution in [0.4, 0.5) is 10.1 Å². The highest BCUT2D eigenvalue weighted by Gasteiger charge is 2.18. The lowest BCUT2D eigenvalue weighted by Gasteiger charge is -2.06. The molecule has 0 aliphatic heterocycles. The Morgan fingerprint density at radius 1 is 1.03 bits per heavy atom. The van der Waals surface area contributed by atoms with Crippen LogP contribution in [0.25, 0.3) is 56.0 Å². The molecule has 39 heavy (non-hydrogen) atoms. The third-order valence-electron chi connectivity index (χ3n) is 6.25. The van der Waals surface area contributed by atoms with E-state index in [-0.39, 0.29) is 5.91 Å². The number of aromatic nitrogens is 7. The molecule has 6 aromatic rings. The van der Waals surface area contributed by atoms with Gasteiger partial charge in [-0.2, -0.15) is 5.10 Å². The molecule has 0 bridgehead atoms. The van der Waals surface area contributed by atoms with Crippen LogP contribution < -0.4 is 10.1 Å². The Kier molecular flexibility index (Phi) is 6.16. The summed E-state index contributed by atoms with van der Waals surface area (Å²) >= 11 is 0. The Morgan fingerprint density at radius 2 is 1.92 bits per heavy atom. The lowest BCUT2D eigenvalue weighted by Crippen LogP contribution is -2.10. The standard InChI is InChI=1S/C28H23FN8O2/c1-3-4-24(38)33-18-8-16(12-30-13-18)22-11-20-23(14-32-22)36-37-26(20)28-34-21-5-6-31-25(27(21)35-28)15-7-17(29)10-19(9-15)39-2/h5-14H,3-4H2,1-2H3,(H,33,38)(H,34,35)(H,36,37). The van der Waals surface area contributed by atoms with E-state index in [1.165, 1.54) is 19.2 Å². The van der Waals surface area contributed by atoms with Crippen molar-refractivity contribution in [2.45, 2.75) is 19.8 Å². The number of imidazole rings is 1. The van der Waals surface area contributed by atoms with Gasteiger partial charge in [-0.3, -0.25) is 24.8 Å². The fourth-order valence-electron chi connectivity index (χ4n) is 4.43. The number of benzene rings is 1. The van der Waals surface area contributed by atoms with Crippen molar-refractivity contribution in [3.05, 3.63) is 67.0 Å². The highest BCUT2D eigenvalue weighted by Crippen LogP contribution is 2.33. The average molecular weight is 523 g/mol. The zero-order valence-corrected chi connectivity index (χ0v) is 21.1. The van der Waals surface area contributed by atoms with E-state index < -0.39 is 5.82 Å². The van der Waals surface area contributed by atoms with Gasteiger partial charge < -0.3 is 15.0 Å². The van der Waals surface area contributed by atoms with Gasteiger partial charge in [0.25, 0.3) is 0 Å². The first-order chi connectivity index (χ1) is 19.0. The Morgan fingerprint density at radius 3 is 2.77 bits per heavy atom. The predicted molar refractivity (Wildman–Crippen MR) is 145 cm³/mol. The van der Waals surface area contributed by atoms with Crippen LogP contribution in [0.5, 0.6) is 5.75 Å². The van der Waals surface area contributed by atoms with E-state index in [2.05, 4.69) is 35.5 Å². The monoisotopic (exact) mass is 522 g/mol.